The van der Waals surface area contributed by atoms with E-state index in [0.29, 0.717) is 0 Å². The monoisotopic (exact) mass is 214 g/mol. The maximum Gasteiger partial charge on any atom is 0.285 e. The number of rotatable bonds is 5. The number of hydrogen-bond acceptors (Lipinski definition) is 4. The molecule has 0 saturated heterocycles. The van der Waals surface area contributed by atoms with E-state index in [1.165, 1.54) is 0 Å². The van der Waals surface area contributed by atoms with E-state index in [0.717, 1.165) is 0 Å². The van der Waals surface area contributed by atoms with E-state index in [4.69, 9.17) is 16.8 Å². The van der Waals surface area contributed by atoms with Gasteiger partial charge >= 0.3 is 0 Å². The van der Waals surface area contributed by atoms with E-state index in [-0.39, 0.29) is 12.1 Å². The highest BCUT2D eigenvalue weighted by Gasteiger charge is 2.17. The zero-order valence-corrected chi connectivity index (χ0v) is 9.43. The van der Waals surface area contributed by atoms with Gasteiger partial charge in [0.2, 0.25) is 0 Å². The van der Waals surface area contributed by atoms with Crippen molar-refractivity contribution in [1.29, 1.82) is 0 Å². The molecule has 0 bridgehead atoms. The molecule has 0 aromatic rings. The van der Waals surface area contributed by atoms with Gasteiger partial charge < -0.3 is 4.89 Å². The third-order valence-corrected chi connectivity index (χ3v) is 2.30. The van der Waals surface area contributed by atoms with Crippen LogP contribution in [0.3, 0.4) is 0 Å². The van der Waals surface area contributed by atoms with E-state index >= 15 is 0 Å². The molecule has 2 N–H and O–H groups in total. The summed E-state index contributed by atoms with van der Waals surface area (Å²) in [6.07, 6.45) is 0. The summed E-state index contributed by atoms with van der Waals surface area (Å²) in [4.78, 5) is 9.08. The van der Waals surface area contributed by atoms with Crippen LogP contribution < -0.4 is 5.20 Å². The number of hydrogen-bond donors (Lipinski definition) is 2. The average Bonchev–Trinajstić information content (AvgIpc) is 1.98. The second-order valence-corrected chi connectivity index (χ2v) is 4.33. The van der Waals surface area contributed by atoms with Crippen molar-refractivity contribution in [2.45, 2.75) is 39.8 Å². The van der Waals surface area contributed by atoms with Gasteiger partial charge in [-0.2, -0.15) is 5.20 Å². The van der Waals surface area contributed by atoms with Crippen molar-refractivity contribution in [2.24, 2.45) is 0 Å². The molecule has 0 spiro atoms. The minimum atomic E-state index is -1.74. The summed E-state index contributed by atoms with van der Waals surface area (Å²) in [5.41, 5.74) is 0. The van der Waals surface area contributed by atoms with E-state index < -0.39 is 8.53 Å². The lowest BCUT2D eigenvalue weighted by molar-refractivity contribution is 0.138. The molecule has 0 aromatic carbocycles. The second kappa shape index (κ2) is 6.08. The van der Waals surface area contributed by atoms with Crippen LogP contribution in [0.15, 0.2) is 0 Å². The first-order chi connectivity index (χ1) is 5.49. The molecule has 0 heterocycles. The fourth-order valence-corrected chi connectivity index (χ4v) is 1.72. The smallest absolute Gasteiger partial charge is 0.285 e. The minimum absolute atomic E-state index is 0.286. The van der Waals surface area contributed by atoms with E-state index in [2.05, 4.69) is 9.27 Å². The summed E-state index contributed by atoms with van der Waals surface area (Å²) in [5.74, 6) is 0. The van der Waals surface area contributed by atoms with Gasteiger partial charge in [0.1, 0.15) is 0 Å². The van der Waals surface area contributed by atoms with Crippen molar-refractivity contribution < 1.29 is 8.97 Å². The Labute approximate surface area is 80.0 Å². The van der Waals surface area contributed by atoms with Crippen molar-refractivity contribution in [3.05, 3.63) is 0 Å². The van der Waals surface area contributed by atoms with Gasteiger partial charge in [-0.3, -0.25) is 0 Å². The third kappa shape index (κ3) is 4.55. The van der Waals surface area contributed by atoms with E-state index in [1.54, 1.807) is 0 Å². The van der Waals surface area contributed by atoms with E-state index in [9.17, 15) is 0 Å². The Bertz CT molecular complexity index is 118. The quantitative estimate of drug-likeness (QED) is 0.543. The van der Waals surface area contributed by atoms with Gasteiger partial charge in [-0.05, 0) is 27.7 Å². The van der Waals surface area contributed by atoms with Gasteiger partial charge in [0, 0.05) is 12.1 Å². The molecule has 0 aliphatic heterocycles. The second-order valence-electron chi connectivity index (χ2n) is 3.04. The fraction of sp³-hybridized carbons (Fsp3) is 1.00. The van der Waals surface area contributed by atoms with Gasteiger partial charge in [-0.15, -0.1) is 0 Å². The molecule has 6 heteroatoms. The summed E-state index contributed by atoms with van der Waals surface area (Å²) in [6, 6.07) is 0.572. The van der Waals surface area contributed by atoms with Crippen LogP contribution >= 0.6 is 20.4 Å². The van der Waals surface area contributed by atoms with Gasteiger partial charge in [0.25, 0.3) is 8.53 Å². The Morgan fingerprint density at radius 2 is 1.75 bits per heavy atom. The molecule has 0 saturated carbocycles. The summed E-state index contributed by atoms with van der Waals surface area (Å²) in [5, 5.41) is 4.65. The van der Waals surface area contributed by atoms with Crippen LogP contribution in [0.25, 0.3) is 0 Å². The number of halogens is 1. The molecule has 0 radical (unpaired) electrons. The lowest BCUT2D eigenvalue weighted by atomic mass is 10.3. The summed E-state index contributed by atoms with van der Waals surface area (Å²) < 4.78 is 4.22. The molecule has 0 aliphatic carbocycles. The number of hydrazine groups is 1. The summed E-state index contributed by atoms with van der Waals surface area (Å²) >= 11 is 5.00. The minimum Gasteiger partial charge on any atom is -0.336 e. The van der Waals surface area contributed by atoms with Crippen molar-refractivity contribution in [3.63, 3.8) is 0 Å². The molecule has 4 nitrogen and oxygen atoms in total. The van der Waals surface area contributed by atoms with Crippen LogP contribution in [0.4, 0.5) is 0 Å². The van der Waals surface area contributed by atoms with Gasteiger partial charge in [0.15, 0.2) is 0 Å². The van der Waals surface area contributed by atoms with Crippen molar-refractivity contribution in [1.82, 2.24) is 10.2 Å². The number of nitrogens with zero attached hydrogens (tertiary/aromatic N) is 1. The molecule has 0 aromatic heterocycles. The molecule has 12 heavy (non-hydrogen) atoms. The Balaban J connectivity index is 3.95. The first-order valence-electron chi connectivity index (χ1n) is 3.81. The van der Waals surface area contributed by atoms with Crippen LogP contribution in [0.5, 0.6) is 0 Å². The predicted octanol–water partition coefficient (Wildman–Crippen LogP) is 2.00. The average molecular weight is 215 g/mol. The highest BCUT2D eigenvalue weighted by Crippen LogP contribution is 2.29. The Kier molecular flexibility index (Phi) is 6.36. The predicted molar refractivity (Wildman–Crippen MR) is 51.3 cm³/mol. The van der Waals surface area contributed by atoms with Crippen LogP contribution in [-0.2, 0) is 4.08 Å². The maximum absolute atomic E-state index is 9.08. The molecular weight excluding hydrogens is 199 g/mol. The Morgan fingerprint density at radius 3 is 2.00 bits per heavy atom. The van der Waals surface area contributed by atoms with Crippen molar-refractivity contribution in [3.8, 4) is 0 Å². The number of nitrogens with one attached hydrogen (secondary N) is 1. The van der Waals surface area contributed by atoms with Crippen molar-refractivity contribution in [2.75, 3.05) is 0 Å². The SMILES string of the molecule is CC(C)N(NP(O)OCl)C(C)C. The van der Waals surface area contributed by atoms with Crippen molar-refractivity contribution >= 4 is 20.4 Å². The highest BCUT2D eigenvalue weighted by atomic mass is 35.5. The first-order valence-corrected chi connectivity index (χ1v) is 5.33. The fourth-order valence-electron chi connectivity index (χ4n) is 0.941. The largest absolute Gasteiger partial charge is 0.336 e. The van der Waals surface area contributed by atoms with Gasteiger partial charge in [-0.1, -0.05) is 0 Å². The molecule has 0 rings (SSSR count). The highest BCUT2D eigenvalue weighted by molar-refractivity contribution is 7.44. The van der Waals surface area contributed by atoms with Crippen LogP contribution in [0.1, 0.15) is 27.7 Å². The molecular formula is C6H16ClN2O2P. The zero-order chi connectivity index (χ0) is 9.72. The normalized spacial score (nSPS) is 14.8. The first kappa shape index (κ1) is 12.6. The molecule has 0 fully saturated rings. The molecule has 0 aliphatic rings. The molecule has 0 amide bonds. The standard InChI is InChI=1S/C6H16ClN2O2P/c1-5(2)9(6(3)4)8-12(10)11-7/h5-6,8,10H,1-4H3. The van der Waals surface area contributed by atoms with Gasteiger partial charge in [-0.25, -0.2) is 9.09 Å². The third-order valence-electron chi connectivity index (χ3n) is 1.38. The van der Waals surface area contributed by atoms with Crippen LogP contribution in [0, 0.1) is 0 Å². The van der Waals surface area contributed by atoms with E-state index in [1.807, 2.05) is 32.7 Å². The lowest BCUT2D eigenvalue weighted by Gasteiger charge is -2.31. The topological polar surface area (TPSA) is 44.7 Å². The molecule has 1 unspecified atom stereocenters. The summed E-state index contributed by atoms with van der Waals surface area (Å²) in [6.45, 7) is 8.07. The van der Waals surface area contributed by atoms with Gasteiger partial charge in [0.05, 0.1) is 11.9 Å². The Morgan fingerprint density at radius 1 is 1.33 bits per heavy atom. The lowest BCUT2D eigenvalue weighted by Crippen LogP contribution is -2.44. The van der Waals surface area contributed by atoms with Crippen LogP contribution in [-0.4, -0.2) is 22.0 Å². The van der Waals surface area contributed by atoms with Crippen LogP contribution in [0.2, 0.25) is 0 Å². The molecule has 1 atom stereocenters. The zero-order valence-electron chi connectivity index (χ0n) is 7.78. The summed E-state index contributed by atoms with van der Waals surface area (Å²) in [7, 11) is -1.74. The Hall–Kier alpha value is 0.560. The maximum atomic E-state index is 9.08. The molecule has 74 valence electrons.